The van der Waals surface area contributed by atoms with Gasteiger partial charge in [-0.3, -0.25) is 9.78 Å². The molecule has 126 valence electrons. The molecule has 2 saturated heterocycles. The van der Waals surface area contributed by atoms with Gasteiger partial charge in [-0.2, -0.15) is 0 Å². The quantitative estimate of drug-likeness (QED) is 0.941. The van der Waals surface area contributed by atoms with E-state index in [1.54, 1.807) is 18.6 Å². The summed E-state index contributed by atoms with van der Waals surface area (Å²) in [5, 5.41) is 0. The van der Waals surface area contributed by atoms with Gasteiger partial charge in [0, 0.05) is 43.9 Å². The number of carbonyl (C=O) groups excluding carboxylic acids is 1. The van der Waals surface area contributed by atoms with E-state index in [1.807, 2.05) is 12.3 Å². The van der Waals surface area contributed by atoms with Crippen LogP contribution in [0.4, 0.5) is 5.82 Å². The van der Waals surface area contributed by atoms with Crippen LogP contribution < -0.4 is 4.90 Å². The fourth-order valence-electron chi connectivity index (χ4n) is 3.98. The molecule has 0 spiro atoms. The third kappa shape index (κ3) is 2.88. The number of anilines is 1. The lowest BCUT2D eigenvalue weighted by Crippen LogP contribution is -2.45. The van der Waals surface area contributed by atoms with Gasteiger partial charge in [-0.05, 0) is 37.8 Å². The van der Waals surface area contributed by atoms with Gasteiger partial charge < -0.3 is 14.8 Å². The minimum absolute atomic E-state index is 0.0521. The van der Waals surface area contributed by atoms with Gasteiger partial charge in [0.1, 0.15) is 5.82 Å². The van der Waals surface area contributed by atoms with Crippen LogP contribution in [0.15, 0.2) is 36.9 Å². The van der Waals surface area contributed by atoms with Gasteiger partial charge in [-0.15, -0.1) is 0 Å². The highest BCUT2D eigenvalue weighted by Crippen LogP contribution is 2.33. The molecule has 2 aromatic heterocycles. The van der Waals surface area contributed by atoms with Crippen LogP contribution in [0.3, 0.4) is 0 Å². The number of aromatic amines is 1. The fourth-order valence-corrected chi connectivity index (χ4v) is 3.98. The zero-order valence-corrected chi connectivity index (χ0v) is 13.8. The van der Waals surface area contributed by atoms with Gasteiger partial charge in [0.2, 0.25) is 5.91 Å². The predicted molar refractivity (Wildman–Crippen MR) is 91.4 cm³/mol. The number of nitrogens with zero attached hydrogens (tertiary/aromatic N) is 4. The molecule has 2 atom stereocenters. The van der Waals surface area contributed by atoms with E-state index >= 15 is 0 Å². The summed E-state index contributed by atoms with van der Waals surface area (Å²) in [5.41, 5.74) is 1.16. The normalized spacial score (nSPS) is 24.3. The maximum atomic E-state index is 13.1. The Hall–Kier alpha value is -2.37. The van der Waals surface area contributed by atoms with Crippen LogP contribution in [0, 0.1) is 5.92 Å². The second-order valence-corrected chi connectivity index (χ2v) is 6.66. The summed E-state index contributed by atoms with van der Waals surface area (Å²) in [6, 6.07) is 4.30. The van der Waals surface area contributed by atoms with Crippen LogP contribution >= 0.6 is 0 Å². The highest BCUT2D eigenvalue weighted by Gasteiger charge is 2.36. The Morgan fingerprint density at radius 2 is 2.12 bits per heavy atom. The van der Waals surface area contributed by atoms with Crippen LogP contribution in [-0.4, -0.2) is 45.4 Å². The van der Waals surface area contributed by atoms with Crippen molar-refractivity contribution in [2.24, 2.45) is 5.92 Å². The van der Waals surface area contributed by atoms with Crippen LogP contribution in [0.25, 0.3) is 0 Å². The summed E-state index contributed by atoms with van der Waals surface area (Å²) < 4.78 is 0. The molecule has 4 heterocycles. The summed E-state index contributed by atoms with van der Waals surface area (Å²) in [6.07, 6.45) is 11.2. The molecule has 0 aliphatic carbocycles. The summed E-state index contributed by atoms with van der Waals surface area (Å²) in [6.45, 7) is 2.55. The van der Waals surface area contributed by atoms with Gasteiger partial charge in [0.05, 0.1) is 18.2 Å². The first-order chi connectivity index (χ1) is 11.8. The van der Waals surface area contributed by atoms with Gasteiger partial charge in [0.25, 0.3) is 0 Å². The van der Waals surface area contributed by atoms with Gasteiger partial charge in [0.15, 0.2) is 0 Å². The Kier molecular flexibility index (Phi) is 4.19. The van der Waals surface area contributed by atoms with E-state index in [-0.39, 0.29) is 12.0 Å². The molecule has 0 unspecified atom stereocenters. The first-order valence-corrected chi connectivity index (χ1v) is 8.77. The summed E-state index contributed by atoms with van der Waals surface area (Å²) >= 11 is 0. The first-order valence-electron chi connectivity index (χ1n) is 8.77. The average molecular weight is 325 g/mol. The molecule has 4 rings (SSSR count). The number of hydrogen-bond donors (Lipinski definition) is 1. The predicted octanol–water partition coefficient (Wildman–Crippen LogP) is 2.38. The highest BCUT2D eigenvalue weighted by atomic mass is 16.2. The summed E-state index contributed by atoms with van der Waals surface area (Å²) in [7, 11) is 0. The Bertz CT molecular complexity index is 672. The number of nitrogens with one attached hydrogen (secondary N) is 1. The minimum Gasteiger partial charge on any atom is -0.363 e. The zero-order chi connectivity index (χ0) is 16.4. The van der Waals surface area contributed by atoms with E-state index in [9.17, 15) is 4.79 Å². The van der Waals surface area contributed by atoms with Crippen molar-refractivity contribution in [1.29, 1.82) is 0 Å². The van der Waals surface area contributed by atoms with E-state index in [0.717, 1.165) is 56.8 Å². The van der Waals surface area contributed by atoms with Crippen molar-refractivity contribution in [2.45, 2.75) is 31.7 Å². The lowest BCUT2D eigenvalue weighted by Gasteiger charge is -2.35. The van der Waals surface area contributed by atoms with Gasteiger partial charge in [-0.25, -0.2) is 4.98 Å². The molecule has 6 nitrogen and oxygen atoms in total. The van der Waals surface area contributed by atoms with E-state index < -0.39 is 0 Å². The van der Waals surface area contributed by atoms with E-state index in [2.05, 4.69) is 30.8 Å². The number of rotatable bonds is 3. The van der Waals surface area contributed by atoms with Crippen molar-refractivity contribution in [3.05, 3.63) is 42.6 Å². The molecule has 2 aliphatic heterocycles. The standard InChI is InChI=1S/C18H23N5O/c24-18(23-11-3-6-16(23)15-5-1-7-20-15)14-4-2-10-22(13-14)17-12-19-8-9-21-17/h1,5,7-9,12,14,16,20H,2-4,6,10-11,13H2/t14-,16+/m1/s1. The Labute approximate surface area is 141 Å². The highest BCUT2D eigenvalue weighted by molar-refractivity contribution is 5.80. The second-order valence-electron chi connectivity index (χ2n) is 6.66. The first kappa shape index (κ1) is 15.2. The summed E-state index contributed by atoms with van der Waals surface area (Å²) in [4.78, 5) is 29.2. The molecule has 2 aromatic rings. The lowest BCUT2D eigenvalue weighted by molar-refractivity contribution is -0.136. The van der Waals surface area contributed by atoms with Crippen molar-refractivity contribution in [2.75, 3.05) is 24.5 Å². The number of hydrogen-bond acceptors (Lipinski definition) is 4. The molecular formula is C18H23N5O. The number of likely N-dealkylation sites (tertiary alicyclic amines) is 1. The molecule has 2 aliphatic rings. The molecular weight excluding hydrogens is 302 g/mol. The van der Waals surface area contributed by atoms with Crippen molar-refractivity contribution >= 4 is 11.7 Å². The molecule has 24 heavy (non-hydrogen) atoms. The Morgan fingerprint density at radius 1 is 1.21 bits per heavy atom. The van der Waals surface area contributed by atoms with Crippen molar-refractivity contribution in [1.82, 2.24) is 19.9 Å². The van der Waals surface area contributed by atoms with Crippen LogP contribution in [0.2, 0.25) is 0 Å². The van der Waals surface area contributed by atoms with Gasteiger partial charge in [-0.1, -0.05) is 0 Å². The maximum Gasteiger partial charge on any atom is 0.228 e. The molecule has 0 bridgehead atoms. The van der Waals surface area contributed by atoms with Crippen molar-refractivity contribution < 1.29 is 4.79 Å². The number of H-pyrrole nitrogens is 1. The van der Waals surface area contributed by atoms with E-state index in [4.69, 9.17) is 0 Å². The average Bonchev–Trinajstić information content (AvgIpc) is 3.33. The Balaban J connectivity index is 1.47. The number of carbonyl (C=O) groups is 1. The number of aromatic nitrogens is 3. The van der Waals surface area contributed by atoms with Crippen molar-refractivity contribution in [3.8, 4) is 0 Å². The number of amides is 1. The summed E-state index contributed by atoms with van der Waals surface area (Å²) in [5.74, 6) is 1.22. The molecule has 0 saturated carbocycles. The minimum atomic E-state index is 0.0521. The lowest BCUT2D eigenvalue weighted by atomic mass is 9.96. The largest absolute Gasteiger partial charge is 0.363 e. The molecule has 6 heteroatoms. The van der Waals surface area contributed by atoms with Crippen LogP contribution in [0.1, 0.15) is 37.4 Å². The topological polar surface area (TPSA) is 65.1 Å². The van der Waals surface area contributed by atoms with Gasteiger partial charge >= 0.3 is 0 Å². The molecule has 0 aromatic carbocycles. The number of piperidine rings is 1. The maximum absolute atomic E-state index is 13.1. The van der Waals surface area contributed by atoms with E-state index in [1.165, 1.54) is 0 Å². The monoisotopic (exact) mass is 325 g/mol. The third-order valence-electron chi connectivity index (χ3n) is 5.16. The van der Waals surface area contributed by atoms with Crippen molar-refractivity contribution in [3.63, 3.8) is 0 Å². The fraction of sp³-hybridized carbons (Fsp3) is 0.500. The molecule has 1 N–H and O–H groups in total. The molecule has 2 fully saturated rings. The zero-order valence-electron chi connectivity index (χ0n) is 13.8. The SMILES string of the molecule is O=C([C@@H]1CCCN(c2cnccn2)C1)N1CCC[C@H]1c1ccc[nH]1. The smallest absolute Gasteiger partial charge is 0.228 e. The van der Waals surface area contributed by atoms with Crippen LogP contribution in [-0.2, 0) is 4.79 Å². The third-order valence-corrected chi connectivity index (χ3v) is 5.16. The van der Waals surface area contributed by atoms with E-state index in [0.29, 0.717) is 5.91 Å². The molecule has 1 amide bonds. The molecule has 0 radical (unpaired) electrons. The Morgan fingerprint density at radius 3 is 2.92 bits per heavy atom. The van der Waals surface area contributed by atoms with Crippen LogP contribution in [0.5, 0.6) is 0 Å². The second kappa shape index (κ2) is 6.63.